The van der Waals surface area contributed by atoms with Gasteiger partial charge in [-0.3, -0.25) is 13.9 Å². The number of amides is 2. The highest BCUT2D eigenvalue weighted by molar-refractivity contribution is 7.92. The monoisotopic (exact) mass is 583 g/mol. The molecule has 0 radical (unpaired) electrons. The van der Waals surface area contributed by atoms with Gasteiger partial charge in [-0.25, -0.2) is 8.42 Å². The lowest BCUT2D eigenvalue weighted by Crippen LogP contribution is -2.53. The lowest BCUT2D eigenvalue weighted by atomic mass is 10.0. The van der Waals surface area contributed by atoms with Crippen molar-refractivity contribution in [2.75, 3.05) is 17.4 Å². The minimum absolute atomic E-state index is 0.0782. The van der Waals surface area contributed by atoms with E-state index < -0.39 is 28.5 Å². The van der Waals surface area contributed by atoms with Crippen LogP contribution in [0.1, 0.15) is 30.0 Å². The number of nitrogens with zero attached hydrogens (tertiary/aromatic N) is 2. The zero-order valence-electron chi connectivity index (χ0n) is 24.0. The second-order valence-electron chi connectivity index (χ2n) is 10.2. The molecule has 0 bridgehead atoms. The van der Waals surface area contributed by atoms with E-state index in [1.165, 1.54) is 17.0 Å². The van der Waals surface area contributed by atoms with Gasteiger partial charge in [-0.05, 0) is 48.7 Å². The third-order valence-corrected chi connectivity index (χ3v) is 8.74. The first-order chi connectivity index (χ1) is 20.3. The molecule has 0 heterocycles. The van der Waals surface area contributed by atoms with E-state index in [1.807, 2.05) is 86.6 Å². The molecule has 8 heteroatoms. The summed E-state index contributed by atoms with van der Waals surface area (Å²) in [5.74, 6) is -0.760. The number of hydrogen-bond donors (Lipinski definition) is 1. The van der Waals surface area contributed by atoms with Gasteiger partial charge in [-0.15, -0.1) is 0 Å². The van der Waals surface area contributed by atoms with Gasteiger partial charge in [0.2, 0.25) is 11.8 Å². The SMILES string of the molecule is CCCNC(=O)[C@@H](Cc1ccccc1)N(Cc1ccccc1)C(=O)CN(c1ccc(C)cc1)S(=O)(=O)c1ccccc1. The first kappa shape index (κ1) is 30.5. The van der Waals surface area contributed by atoms with Crippen LogP contribution in [0.2, 0.25) is 0 Å². The summed E-state index contributed by atoms with van der Waals surface area (Å²) in [6, 6.07) is 33.2. The Morgan fingerprint density at radius 1 is 0.762 bits per heavy atom. The summed E-state index contributed by atoms with van der Waals surface area (Å²) in [5.41, 5.74) is 3.06. The van der Waals surface area contributed by atoms with Crippen molar-refractivity contribution >= 4 is 27.5 Å². The molecule has 42 heavy (non-hydrogen) atoms. The smallest absolute Gasteiger partial charge is 0.264 e. The third kappa shape index (κ3) is 7.85. The van der Waals surface area contributed by atoms with Gasteiger partial charge < -0.3 is 10.2 Å². The fourth-order valence-corrected chi connectivity index (χ4v) is 6.09. The largest absolute Gasteiger partial charge is 0.354 e. The predicted molar refractivity (Wildman–Crippen MR) is 166 cm³/mol. The van der Waals surface area contributed by atoms with E-state index >= 15 is 0 Å². The quantitative estimate of drug-likeness (QED) is 0.230. The van der Waals surface area contributed by atoms with Crippen LogP contribution in [-0.4, -0.2) is 44.3 Å². The molecule has 2 amide bonds. The highest BCUT2D eigenvalue weighted by Gasteiger charge is 2.34. The lowest BCUT2D eigenvalue weighted by Gasteiger charge is -2.34. The molecule has 0 aromatic heterocycles. The molecule has 0 aliphatic heterocycles. The van der Waals surface area contributed by atoms with Crippen molar-refractivity contribution in [3.63, 3.8) is 0 Å². The van der Waals surface area contributed by atoms with Gasteiger partial charge in [0.05, 0.1) is 10.6 Å². The first-order valence-electron chi connectivity index (χ1n) is 14.1. The maximum atomic E-state index is 14.3. The Kier molecular flexibility index (Phi) is 10.5. The highest BCUT2D eigenvalue weighted by Crippen LogP contribution is 2.25. The Hall–Kier alpha value is -4.43. The molecule has 218 valence electrons. The molecule has 0 unspecified atom stereocenters. The summed E-state index contributed by atoms with van der Waals surface area (Å²) < 4.78 is 29.0. The fraction of sp³-hybridized carbons (Fsp3) is 0.235. The van der Waals surface area contributed by atoms with Gasteiger partial charge in [0.15, 0.2) is 0 Å². The third-order valence-electron chi connectivity index (χ3n) is 6.95. The Morgan fingerprint density at radius 2 is 1.31 bits per heavy atom. The number of aryl methyl sites for hydroxylation is 1. The van der Waals surface area contributed by atoms with Crippen LogP contribution >= 0.6 is 0 Å². The van der Waals surface area contributed by atoms with Crippen molar-refractivity contribution in [1.82, 2.24) is 10.2 Å². The second kappa shape index (κ2) is 14.5. The number of benzene rings is 4. The van der Waals surface area contributed by atoms with E-state index in [-0.39, 0.29) is 23.8 Å². The Labute approximate surface area is 248 Å². The zero-order chi connectivity index (χ0) is 30.0. The van der Waals surface area contributed by atoms with Gasteiger partial charge in [0.25, 0.3) is 10.0 Å². The summed E-state index contributed by atoms with van der Waals surface area (Å²) >= 11 is 0. The average Bonchev–Trinajstić information content (AvgIpc) is 3.02. The van der Waals surface area contributed by atoms with E-state index in [1.54, 1.807) is 30.3 Å². The van der Waals surface area contributed by atoms with Crippen LogP contribution < -0.4 is 9.62 Å². The molecule has 1 N–H and O–H groups in total. The minimum atomic E-state index is -4.10. The van der Waals surface area contributed by atoms with Crippen LogP contribution in [0.25, 0.3) is 0 Å². The van der Waals surface area contributed by atoms with Crippen LogP contribution in [0, 0.1) is 6.92 Å². The number of rotatable bonds is 13. The summed E-state index contributed by atoms with van der Waals surface area (Å²) in [6.45, 7) is 4.02. The summed E-state index contributed by atoms with van der Waals surface area (Å²) in [6.07, 6.45) is 1.03. The van der Waals surface area contributed by atoms with E-state index in [0.717, 1.165) is 27.4 Å². The molecule has 0 spiro atoms. The Bertz CT molecular complexity index is 1550. The summed E-state index contributed by atoms with van der Waals surface area (Å²) in [5, 5.41) is 2.96. The van der Waals surface area contributed by atoms with E-state index in [4.69, 9.17) is 0 Å². The van der Waals surface area contributed by atoms with Gasteiger partial charge in [0, 0.05) is 19.5 Å². The zero-order valence-corrected chi connectivity index (χ0v) is 24.8. The molecule has 1 atom stereocenters. The summed E-state index contributed by atoms with van der Waals surface area (Å²) in [7, 11) is -4.10. The molecule has 4 rings (SSSR count). The van der Waals surface area contributed by atoms with E-state index in [2.05, 4.69) is 5.32 Å². The molecule has 7 nitrogen and oxygen atoms in total. The molecule has 0 aliphatic carbocycles. The predicted octanol–water partition coefficient (Wildman–Crippen LogP) is 5.36. The standard InChI is InChI=1S/C34H37N3O4S/c1-3-23-35-34(39)32(24-28-13-7-4-8-14-28)36(25-29-15-9-5-10-16-29)33(38)26-37(30-21-19-27(2)20-22-30)42(40,41)31-17-11-6-12-18-31/h4-22,32H,3,23-26H2,1-2H3,(H,35,39)/t32-/m1/s1. The molecule has 0 saturated carbocycles. The molecule has 0 fully saturated rings. The maximum Gasteiger partial charge on any atom is 0.264 e. The van der Waals surface area contributed by atoms with Crippen LogP contribution in [0.3, 0.4) is 0 Å². The van der Waals surface area contributed by atoms with Crippen molar-refractivity contribution in [3.05, 3.63) is 132 Å². The number of nitrogens with one attached hydrogen (secondary N) is 1. The first-order valence-corrected chi connectivity index (χ1v) is 15.5. The topological polar surface area (TPSA) is 86.8 Å². The highest BCUT2D eigenvalue weighted by atomic mass is 32.2. The second-order valence-corrected chi connectivity index (χ2v) is 12.0. The van der Waals surface area contributed by atoms with Gasteiger partial charge >= 0.3 is 0 Å². The number of anilines is 1. The number of hydrogen-bond acceptors (Lipinski definition) is 4. The Morgan fingerprint density at radius 3 is 1.88 bits per heavy atom. The fourth-order valence-electron chi connectivity index (χ4n) is 4.66. The van der Waals surface area contributed by atoms with E-state index in [9.17, 15) is 18.0 Å². The van der Waals surface area contributed by atoms with Gasteiger partial charge in [-0.1, -0.05) is 103 Å². The van der Waals surface area contributed by atoms with E-state index in [0.29, 0.717) is 12.2 Å². The van der Waals surface area contributed by atoms with Crippen molar-refractivity contribution in [2.45, 2.75) is 44.2 Å². The van der Waals surface area contributed by atoms with Crippen LogP contribution in [0.4, 0.5) is 5.69 Å². The molecule has 0 aliphatic rings. The van der Waals surface area contributed by atoms with Crippen LogP contribution in [0.5, 0.6) is 0 Å². The number of sulfonamides is 1. The van der Waals surface area contributed by atoms with Gasteiger partial charge in [-0.2, -0.15) is 0 Å². The minimum Gasteiger partial charge on any atom is -0.354 e. The molecular weight excluding hydrogens is 546 g/mol. The van der Waals surface area contributed by atoms with Crippen LogP contribution in [0.15, 0.2) is 120 Å². The van der Waals surface area contributed by atoms with Crippen LogP contribution in [-0.2, 0) is 32.6 Å². The van der Waals surface area contributed by atoms with Crippen molar-refractivity contribution in [1.29, 1.82) is 0 Å². The number of carbonyl (C=O) groups is 2. The molecule has 4 aromatic rings. The van der Waals surface area contributed by atoms with Crippen molar-refractivity contribution < 1.29 is 18.0 Å². The van der Waals surface area contributed by atoms with Gasteiger partial charge in [0.1, 0.15) is 12.6 Å². The average molecular weight is 584 g/mol. The normalized spacial score (nSPS) is 11.9. The number of carbonyl (C=O) groups excluding carboxylic acids is 2. The van der Waals surface area contributed by atoms with Crippen molar-refractivity contribution in [3.8, 4) is 0 Å². The maximum absolute atomic E-state index is 14.3. The lowest BCUT2D eigenvalue weighted by molar-refractivity contribution is -0.140. The molecule has 0 saturated heterocycles. The molecular formula is C34H37N3O4S. The van der Waals surface area contributed by atoms with Crippen molar-refractivity contribution in [2.24, 2.45) is 0 Å². The molecule has 4 aromatic carbocycles. The Balaban J connectivity index is 1.77. The summed E-state index contributed by atoms with van der Waals surface area (Å²) in [4.78, 5) is 29.5.